The second-order valence-electron chi connectivity index (χ2n) is 4.00. The zero-order valence-corrected chi connectivity index (χ0v) is 10.7. The van der Waals surface area contributed by atoms with Gasteiger partial charge in [0.1, 0.15) is 5.54 Å². The van der Waals surface area contributed by atoms with Crippen molar-refractivity contribution in [2.45, 2.75) is 39.2 Å². The largest absolute Gasteiger partial charge is 0.438 e. The first-order valence-electron chi connectivity index (χ1n) is 5.71. The molecule has 1 rings (SSSR count). The quantitative estimate of drug-likeness (QED) is 0.314. The van der Waals surface area contributed by atoms with E-state index in [-0.39, 0.29) is 11.6 Å². The number of aromatic nitrogens is 1. The lowest BCUT2D eigenvalue weighted by molar-refractivity contribution is 0.0888. The van der Waals surface area contributed by atoms with E-state index < -0.39 is 11.4 Å². The van der Waals surface area contributed by atoms with E-state index in [0.29, 0.717) is 18.5 Å². The molecule has 0 saturated heterocycles. The molecular weight excluding hydrogens is 236 g/mol. The maximum Gasteiger partial charge on any atom is 0.289 e. The minimum absolute atomic E-state index is 0.0296. The monoisotopic (exact) mass is 254 g/mol. The summed E-state index contributed by atoms with van der Waals surface area (Å²) in [4.78, 5) is 15.9. The Morgan fingerprint density at radius 2 is 2.22 bits per heavy atom. The molecule has 7 heteroatoms. The topological polar surface area (TPSA) is 114 Å². The number of carbonyl (C=O) groups excluding carboxylic acids is 1. The average Bonchev–Trinajstić information content (AvgIpc) is 2.81. The Kier molecular flexibility index (Phi) is 4.30. The summed E-state index contributed by atoms with van der Waals surface area (Å²) in [5, 5.41) is 14.5. The number of rotatable bonds is 5. The van der Waals surface area contributed by atoms with Crippen molar-refractivity contribution in [3.05, 3.63) is 17.8 Å². The van der Waals surface area contributed by atoms with Crippen LogP contribution in [0.2, 0.25) is 0 Å². The molecule has 0 aromatic carbocycles. The number of oxazole rings is 1. The minimum atomic E-state index is -0.884. The molecule has 1 aromatic heterocycles. The fourth-order valence-corrected chi connectivity index (χ4v) is 1.74. The number of amidine groups is 1. The molecule has 4 N–H and O–H groups in total. The number of nitrogens with zero attached hydrogens (tertiary/aromatic N) is 2. The molecule has 0 saturated carbocycles. The van der Waals surface area contributed by atoms with Crippen LogP contribution in [-0.4, -0.2) is 27.5 Å². The number of aryl methyl sites for hydroxylation is 1. The summed E-state index contributed by atoms with van der Waals surface area (Å²) in [6, 6.07) is 0. The molecule has 0 aliphatic rings. The van der Waals surface area contributed by atoms with Gasteiger partial charge in [-0.1, -0.05) is 19.0 Å². The van der Waals surface area contributed by atoms with Gasteiger partial charge in [0.05, 0.1) is 5.69 Å². The molecule has 1 amide bonds. The molecule has 0 radical (unpaired) electrons. The SMILES string of the molecule is CCC(CC)(NC(=O)c1ocnc1C)C(N)=NO. The molecule has 7 nitrogen and oxygen atoms in total. The van der Waals surface area contributed by atoms with E-state index in [1.807, 2.05) is 13.8 Å². The lowest BCUT2D eigenvalue weighted by atomic mass is 9.91. The summed E-state index contributed by atoms with van der Waals surface area (Å²) in [5.41, 5.74) is 5.26. The molecule has 0 bridgehead atoms. The predicted octanol–water partition coefficient (Wildman–Crippen LogP) is 1.02. The summed E-state index contributed by atoms with van der Waals surface area (Å²) in [6.07, 6.45) is 2.20. The van der Waals surface area contributed by atoms with E-state index in [1.165, 1.54) is 6.39 Å². The maximum absolute atomic E-state index is 12.0. The highest BCUT2D eigenvalue weighted by atomic mass is 16.4. The molecule has 0 aliphatic carbocycles. The number of oxime groups is 1. The van der Waals surface area contributed by atoms with Gasteiger partial charge >= 0.3 is 0 Å². The summed E-state index contributed by atoms with van der Waals surface area (Å²) in [6.45, 7) is 5.35. The van der Waals surface area contributed by atoms with Crippen LogP contribution in [0.4, 0.5) is 0 Å². The van der Waals surface area contributed by atoms with Crippen LogP contribution in [0.1, 0.15) is 42.9 Å². The Labute approximate surface area is 105 Å². The van der Waals surface area contributed by atoms with Gasteiger partial charge in [-0.25, -0.2) is 4.98 Å². The Balaban J connectivity index is 2.99. The van der Waals surface area contributed by atoms with Crippen LogP contribution in [0.25, 0.3) is 0 Å². The van der Waals surface area contributed by atoms with Gasteiger partial charge < -0.3 is 20.7 Å². The van der Waals surface area contributed by atoms with Crippen molar-refractivity contribution in [1.82, 2.24) is 10.3 Å². The standard InChI is InChI=1S/C11H18N4O3/c1-4-11(5-2,10(12)15-17)14-9(16)8-7(3)13-6-18-8/h6,17H,4-5H2,1-3H3,(H2,12,15)(H,14,16). The van der Waals surface area contributed by atoms with Crippen molar-refractivity contribution in [3.63, 3.8) is 0 Å². The zero-order valence-electron chi connectivity index (χ0n) is 10.7. The van der Waals surface area contributed by atoms with Gasteiger partial charge in [-0.15, -0.1) is 0 Å². The van der Waals surface area contributed by atoms with E-state index >= 15 is 0 Å². The van der Waals surface area contributed by atoms with Crippen molar-refractivity contribution in [3.8, 4) is 0 Å². The van der Waals surface area contributed by atoms with Crippen LogP contribution >= 0.6 is 0 Å². The van der Waals surface area contributed by atoms with Gasteiger partial charge in [-0.05, 0) is 19.8 Å². The van der Waals surface area contributed by atoms with E-state index in [0.717, 1.165) is 0 Å². The highest BCUT2D eigenvalue weighted by Gasteiger charge is 2.34. The first-order valence-corrected chi connectivity index (χ1v) is 5.71. The van der Waals surface area contributed by atoms with Gasteiger partial charge in [-0.2, -0.15) is 0 Å². The third-order valence-electron chi connectivity index (χ3n) is 3.11. The fraction of sp³-hybridized carbons (Fsp3) is 0.545. The number of amides is 1. The molecular formula is C11H18N4O3. The molecule has 0 spiro atoms. The Morgan fingerprint density at radius 1 is 1.61 bits per heavy atom. The third kappa shape index (κ3) is 2.44. The van der Waals surface area contributed by atoms with Crippen LogP contribution in [0.5, 0.6) is 0 Å². The number of nitrogens with one attached hydrogen (secondary N) is 1. The van der Waals surface area contributed by atoms with E-state index in [9.17, 15) is 4.79 Å². The average molecular weight is 254 g/mol. The first-order chi connectivity index (χ1) is 8.50. The highest BCUT2D eigenvalue weighted by molar-refractivity contribution is 5.99. The summed E-state index contributed by atoms with van der Waals surface area (Å²) in [5.74, 6) is -0.328. The molecule has 100 valence electrons. The fourth-order valence-electron chi connectivity index (χ4n) is 1.74. The minimum Gasteiger partial charge on any atom is -0.438 e. The molecule has 0 atom stereocenters. The normalized spacial score (nSPS) is 12.5. The highest BCUT2D eigenvalue weighted by Crippen LogP contribution is 2.17. The van der Waals surface area contributed by atoms with Gasteiger partial charge in [0, 0.05) is 0 Å². The molecule has 0 aliphatic heterocycles. The van der Waals surface area contributed by atoms with Crippen LogP contribution < -0.4 is 11.1 Å². The van der Waals surface area contributed by atoms with Gasteiger partial charge in [-0.3, -0.25) is 4.79 Å². The molecule has 1 aromatic rings. The van der Waals surface area contributed by atoms with Crippen LogP contribution in [0.15, 0.2) is 16.0 Å². The summed E-state index contributed by atoms with van der Waals surface area (Å²) < 4.78 is 5.01. The molecule has 1 heterocycles. The first kappa shape index (κ1) is 14.0. The molecule has 0 fully saturated rings. The van der Waals surface area contributed by atoms with Crippen molar-refractivity contribution in [1.29, 1.82) is 0 Å². The lowest BCUT2D eigenvalue weighted by Gasteiger charge is -2.30. The van der Waals surface area contributed by atoms with Gasteiger partial charge in [0.15, 0.2) is 12.2 Å². The van der Waals surface area contributed by atoms with Crippen LogP contribution in [-0.2, 0) is 0 Å². The second kappa shape index (κ2) is 5.52. The maximum atomic E-state index is 12.0. The number of nitrogens with two attached hydrogens (primary N) is 1. The van der Waals surface area contributed by atoms with Crippen molar-refractivity contribution in [2.75, 3.05) is 0 Å². The summed E-state index contributed by atoms with van der Waals surface area (Å²) >= 11 is 0. The number of hydrogen-bond acceptors (Lipinski definition) is 5. The Hall–Kier alpha value is -2.05. The smallest absolute Gasteiger partial charge is 0.289 e. The Bertz CT molecular complexity index is 449. The molecule has 18 heavy (non-hydrogen) atoms. The number of hydrogen-bond donors (Lipinski definition) is 3. The van der Waals surface area contributed by atoms with E-state index in [4.69, 9.17) is 15.4 Å². The van der Waals surface area contributed by atoms with Crippen LogP contribution in [0.3, 0.4) is 0 Å². The number of carbonyl (C=O) groups is 1. The van der Waals surface area contributed by atoms with Gasteiger partial charge in [0.2, 0.25) is 5.76 Å². The van der Waals surface area contributed by atoms with Gasteiger partial charge in [0.25, 0.3) is 5.91 Å². The third-order valence-corrected chi connectivity index (χ3v) is 3.11. The Morgan fingerprint density at radius 3 is 2.61 bits per heavy atom. The molecule has 0 unspecified atom stereocenters. The zero-order chi connectivity index (χ0) is 13.8. The summed E-state index contributed by atoms with van der Waals surface area (Å²) in [7, 11) is 0. The van der Waals surface area contributed by atoms with Crippen LogP contribution in [0, 0.1) is 6.92 Å². The van der Waals surface area contributed by atoms with Crippen molar-refractivity contribution in [2.24, 2.45) is 10.9 Å². The predicted molar refractivity (Wildman–Crippen MR) is 65.4 cm³/mol. The van der Waals surface area contributed by atoms with Crippen molar-refractivity contribution < 1.29 is 14.4 Å². The van der Waals surface area contributed by atoms with Crippen molar-refractivity contribution >= 4 is 11.7 Å². The van der Waals surface area contributed by atoms with E-state index in [2.05, 4.69) is 15.5 Å². The second-order valence-corrected chi connectivity index (χ2v) is 4.00. The van der Waals surface area contributed by atoms with E-state index in [1.54, 1.807) is 6.92 Å². The lowest BCUT2D eigenvalue weighted by Crippen LogP contribution is -2.56.